The summed E-state index contributed by atoms with van der Waals surface area (Å²) in [7, 11) is 0. The quantitative estimate of drug-likeness (QED) is 0.677. The Morgan fingerprint density at radius 2 is 2.08 bits per heavy atom. The molecular formula is C18H22ClN5O. The number of carbonyl (C=O) groups is 1. The van der Waals surface area contributed by atoms with Gasteiger partial charge in [0.05, 0.1) is 16.1 Å². The standard InChI is InChI=1S/C18H22ClN5O/c1-3-23(4-2)9-10-24-16-8-6-5-7-14(16)21-18(24)22-17(25)15-11-13(19)12-20-15/h5-8,11-12,20H,3-4,9-10H2,1-2H3,(H,21,22,25). The predicted octanol–water partition coefficient (Wildman–Crippen LogP) is 3.61. The monoisotopic (exact) mass is 359 g/mol. The van der Waals surface area contributed by atoms with Gasteiger partial charge in [0.2, 0.25) is 5.95 Å². The van der Waals surface area contributed by atoms with Crippen LogP contribution < -0.4 is 5.32 Å². The van der Waals surface area contributed by atoms with Crippen LogP contribution in [0, 0.1) is 0 Å². The third-order valence-electron chi connectivity index (χ3n) is 4.31. The Bertz CT molecular complexity index is 865. The van der Waals surface area contributed by atoms with Crippen LogP contribution in [0.4, 0.5) is 5.95 Å². The second-order valence-electron chi connectivity index (χ2n) is 5.79. The number of para-hydroxylation sites is 2. The molecule has 0 saturated heterocycles. The van der Waals surface area contributed by atoms with Crippen molar-refractivity contribution < 1.29 is 4.79 Å². The summed E-state index contributed by atoms with van der Waals surface area (Å²) in [5.74, 6) is 0.287. The van der Waals surface area contributed by atoms with Crippen LogP contribution >= 0.6 is 11.6 Å². The number of nitrogens with one attached hydrogen (secondary N) is 2. The highest BCUT2D eigenvalue weighted by molar-refractivity contribution is 6.31. The molecule has 2 heterocycles. The number of aromatic nitrogens is 3. The summed E-state index contributed by atoms with van der Waals surface area (Å²) < 4.78 is 2.05. The van der Waals surface area contributed by atoms with E-state index < -0.39 is 0 Å². The smallest absolute Gasteiger partial charge is 0.274 e. The number of hydrogen-bond donors (Lipinski definition) is 2. The lowest BCUT2D eigenvalue weighted by Gasteiger charge is -2.19. The van der Waals surface area contributed by atoms with Crippen LogP contribution in [0.2, 0.25) is 5.02 Å². The lowest BCUT2D eigenvalue weighted by Crippen LogP contribution is -2.27. The molecule has 0 unspecified atom stereocenters. The molecule has 1 aromatic carbocycles. The molecule has 0 aliphatic rings. The highest BCUT2D eigenvalue weighted by Gasteiger charge is 2.15. The van der Waals surface area contributed by atoms with Crippen molar-refractivity contribution >= 4 is 34.5 Å². The zero-order valence-electron chi connectivity index (χ0n) is 14.4. The van der Waals surface area contributed by atoms with Crippen LogP contribution in [0.1, 0.15) is 24.3 Å². The molecule has 25 heavy (non-hydrogen) atoms. The number of benzene rings is 1. The summed E-state index contributed by atoms with van der Waals surface area (Å²) in [6.45, 7) is 7.92. The number of amides is 1. The molecule has 0 saturated carbocycles. The van der Waals surface area contributed by atoms with Gasteiger partial charge in [0.25, 0.3) is 5.91 Å². The molecule has 132 valence electrons. The Kier molecular flexibility index (Phi) is 5.40. The second kappa shape index (κ2) is 7.72. The van der Waals surface area contributed by atoms with Gasteiger partial charge < -0.3 is 14.5 Å². The highest BCUT2D eigenvalue weighted by Crippen LogP contribution is 2.20. The molecule has 7 heteroatoms. The topological polar surface area (TPSA) is 65.9 Å². The first-order valence-corrected chi connectivity index (χ1v) is 8.83. The highest BCUT2D eigenvalue weighted by atomic mass is 35.5. The van der Waals surface area contributed by atoms with E-state index >= 15 is 0 Å². The number of anilines is 1. The SMILES string of the molecule is CCN(CC)CCn1c(NC(=O)c2cc(Cl)c[nH]2)nc2ccccc21. The third kappa shape index (κ3) is 3.86. The maximum Gasteiger partial charge on any atom is 0.274 e. The minimum Gasteiger partial charge on any atom is -0.356 e. The lowest BCUT2D eigenvalue weighted by atomic mass is 10.3. The Morgan fingerprint density at radius 3 is 2.76 bits per heavy atom. The number of hydrogen-bond acceptors (Lipinski definition) is 3. The van der Waals surface area contributed by atoms with Gasteiger partial charge in [0, 0.05) is 19.3 Å². The number of nitrogens with zero attached hydrogens (tertiary/aromatic N) is 3. The zero-order valence-corrected chi connectivity index (χ0v) is 15.2. The minimum absolute atomic E-state index is 0.258. The van der Waals surface area contributed by atoms with Crippen LogP contribution in [-0.2, 0) is 6.54 Å². The van der Waals surface area contributed by atoms with E-state index in [1.54, 1.807) is 12.3 Å². The summed E-state index contributed by atoms with van der Waals surface area (Å²) >= 11 is 5.88. The molecule has 3 rings (SSSR count). The molecule has 3 aromatic rings. The summed E-state index contributed by atoms with van der Waals surface area (Å²) in [6.07, 6.45) is 1.58. The van der Waals surface area contributed by atoms with Crippen LogP contribution in [-0.4, -0.2) is 45.0 Å². The molecule has 0 aliphatic carbocycles. The zero-order chi connectivity index (χ0) is 17.8. The number of halogens is 1. The number of rotatable bonds is 7. The van der Waals surface area contributed by atoms with Crippen molar-refractivity contribution in [2.45, 2.75) is 20.4 Å². The van der Waals surface area contributed by atoms with E-state index in [4.69, 9.17) is 11.6 Å². The second-order valence-corrected chi connectivity index (χ2v) is 6.22. The van der Waals surface area contributed by atoms with E-state index in [2.05, 4.69) is 38.6 Å². The predicted molar refractivity (Wildman–Crippen MR) is 101 cm³/mol. The van der Waals surface area contributed by atoms with Gasteiger partial charge in [-0.15, -0.1) is 0 Å². The van der Waals surface area contributed by atoms with E-state index in [9.17, 15) is 4.79 Å². The first kappa shape index (κ1) is 17.5. The van der Waals surface area contributed by atoms with Crippen LogP contribution in [0.15, 0.2) is 36.5 Å². The van der Waals surface area contributed by atoms with Gasteiger partial charge >= 0.3 is 0 Å². The van der Waals surface area contributed by atoms with Crippen molar-refractivity contribution in [3.63, 3.8) is 0 Å². The molecule has 0 atom stereocenters. The Labute approximate surface area is 151 Å². The van der Waals surface area contributed by atoms with Crippen molar-refractivity contribution in [3.05, 3.63) is 47.2 Å². The van der Waals surface area contributed by atoms with Crippen molar-refractivity contribution in [2.75, 3.05) is 25.0 Å². The molecule has 2 aromatic heterocycles. The lowest BCUT2D eigenvalue weighted by molar-refractivity contribution is 0.102. The number of carbonyl (C=O) groups excluding carboxylic acids is 1. The van der Waals surface area contributed by atoms with Crippen molar-refractivity contribution in [1.29, 1.82) is 0 Å². The number of imidazole rings is 1. The fourth-order valence-corrected chi connectivity index (χ4v) is 3.01. The fourth-order valence-electron chi connectivity index (χ4n) is 2.85. The van der Waals surface area contributed by atoms with Gasteiger partial charge in [-0.05, 0) is 31.3 Å². The molecule has 6 nitrogen and oxygen atoms in total. The molecule has 0 radical (unpaired) electrons. The van der Waals surface area contributed by atoms with Crippen molar-refractivity contribution in [1.82, 2.24) is 19.4 Å². The largest absolute Gasteiger partial charge is 0.356 e. The Hall–Kier alpha value is -2.31. The third-order valence-corrected chi connectivity index (χ3v) is 4.52. The molecule has 0 bridgehead atoms. The normalized spacial score (nSPS) is 11.4. The number of likely N-dealkylation sites (N-methyl/N-ethyl adjacent to an activating group) is 1. The van der Waals surface area contributed by atoms with Crippen molar-refractivity contribution in [3.8, 4) is 0 Å². The van der Waals surface area contributed by atoms with E-state index in [0.717, 1.165) is 37.2 Å². The molecule has 0 fully saturated rings. The molecular weight excluding hydrogens is 338 g/mol. The Morgan fingerprint density at radius 1 is 1.32 bits per heavy atom. The van der Waals surface area contributed by atoms with Gasteiger partial charge in [0.1, 0.15) is 5.69 Å². The number of aromatic amines is 1. The fraction of sp³-hybridized carbons (Fsp3) is 0.333. The summed E-state index contributed by atoms with van der Waals surface area (Å²) in [6, 6.07) is 9.49. The van der Waals surface area contributed by atoms with E-state index in [0.29, 0.717) is 16.7 Å². The van der Waals surface area contributed by atoms with Gasteiger partial charge in [-0.25, -0.2) is 4.98 Å². The summed E-state index contributed by atoms with van der Waals surface area (Å²) in [5, 5.41) is 3.39. The van der Waals surface area contributed by atoms with Gasteiger partial charge in [-0.1, -0.05) is 37.6 Å². The van der Waals surface area contributed by atoms with Crippen molar-refractivity contribution in [2.24, 2.45) is 0 Å². The van der Waals surface area contributed by atoms with Gasteiger partial charge in [-0.2, -0.15) is 0 Å². The Balaban J connectivity index is 1.88. The van der Waals surface area contributed by atoms with Crippen LogP contribution in [0.5, 0.6) is 0 Å². The first-order valence-electron chi connectivity index (χ1n) is 8.45. The van der Waals surface area contributed by atoms with E-state index in [1.807, 2.05) is 24.3 Å². The molecule has 0 aliphatic heterocycles. The molecule has 0 spiro atoms. The number of H-pyrrole nitrogens is 1. The maximum atomic E-state index is 12.4. The first-order chi connectivity index (χ1) is 12.1. The summed E-state index contributed by atoms with van der Waals surface area (Å²) in [4.78, 5) is 22.2. The average Bonchev–Trinajstić information content (AvgIpc) is 3.20. The average molecular weight is 360 g/mol. The van der Waals surface area contributed by atoms with Gasteiger partial charge in [0.15, 0.2) is 0 Å². The molecule has 2 N–H and O–H groups in total. The molecule has 1 amide bonds. The van der Waals surface area contributed by atoms with Crippen LogP contribution in [0.3, 0.4) is 0 Å². The minimum atomic E-state index is -0.258. The van der Waals surface area contributed by atoms with E-state index in [1.165, 1.54) is 0 Å². The van der Waals surface area contributed by atoms with Crippen LogP contribution in [0.25, 0.3) is 11.0 Å². The summed E-state index contributed by atoms with van der Waals surface area (Å²) in [5.41, 5.74) is 2.28. The maximum absolute atomic E-state index is 12.4. The number of fused-ring (bicyclic) bond motifs is 1. The van der Waals surface area contributed by atoms with E-state index in [-0.39, 0.29) is 5.91 Å². The van der Waals surface area contributed by atoms with Gasteiger partial charge in [-0.3, -0.25) is 10.1 Å².